The zero-order valence-electron chi connectivity index (χ0n) is 15.4. The number of nitrogens with zero attached hydrogens (tertiary/aromatic N) is 3. The number of carbonyl (C=O) groups is 2. The Bertz CT molecular complexity index is 816. The molecule has 0 aromatic carbocycles. The molecule has 156 valence electrons. The van der Waals surface area contributed by atoms with E-state index >= 15 is 0 Å². The Kier molecular flexibility index (Phi) is 6.37. The summed E-state index contributed by atoms with van der Waals surface area (Å²) in [4.78, 5) is 31.3. The highest BCUT2D eigenvalue weighted by Gasteiger charge is 2.31. The first-order valence-electron chi connectivity index (χ1n) is 8.92. The van der Waals surface area contributed by atoms with E-state index in [1.54, 1.807) is 12.1 Å². The molecular formula is C18H20F3N5O3. The minimum absolute atomic E-state index is 0.0441. The van der Waals surface area contributed by atoms with Gasteiger partial charge >= 0.3 is 12.2 Å². The first kappa shape index (κ1) is 20.6. The van der Waals surface area contributed by atoms with Crippen molar-refractivity contribution in [2.75, 3.05) is 37.6 Å². The highest BCUT2D eigenvalue weighted by atomic mass is 19.4. The summed E-state index contributed by atoms with van der Waals surface area (Å²) < 4.78 is 42.9. The zero-order chi connectivity index (χ0) is 20.9. The van der Waals surface area contributed by atoms with Crippen molar-refractivity contribution in [3.8, 4) is 0 Å². The lowest BCUT2D eigenvalue weighted by Crippen LogP contribution is -2.51. The van der Waals surface area contributed by atoms with Crippen molar-refractivity contribution in [2.45, 2.75) is 12.7 Å². The van der Waals surface area contributed by atoms with E-state index in [9.17, 15) is 22.8 Å². The average molecular weight is 411 g/mol. The van der Waals surface area contributed by atoms with Crippen molar-refractivity contribution in [1.82, 2.24) is 20.5 Å². The number of anilines is 1. The minimum Gasteiger partial charge on any atom is -0.467 e. The molecule has 0 radical (unpaired) electrons. The molecule has 2 N–H and O–H groups in total. The van der Waals surface area contributed by atoms with Crippen molar-refractivity contribution < 1.29 is 27.2 Å². The number of carbonyl (C=O) groups excluding carboxylic acids is 2. The number of amides is 3. The first-order valence-corrected chi connectivity index (χ1v) is 8.92. The molecule has 0 unspecified atom stereocenters. The fourth-order valence-electron chi connectivity index (χ4n) is 2.87. The topological polar surface area (TPSA) is 90.7 Å². The number of imide groups is 1. The van der Waals surface area contributed by atoms with Gasteiger partial charge in [0.2, 0.25) is 5.91 Å². The van der Waals surface area contributed by atoms with E-state index in [-0.39, 0.29) is 13.1 Å². The summed E-state index contributed by atoms with van der Waals surface area (Å²) in [6.45, 7) is 2.27. The van der Waals surface area contributed by atoms with Crippen LogP contribution in [0.15, 0.2) is 41.1 Å². The number of urea groups is 1. The molecule has 0 saturated carbocycles. The van der Waals surface area contributed by atoms with Crippen LogP contribution in [0.1, 0.15) is 11.3 Å². The molecule has 1 aliphatic rings. The van der Waals surface area contributed by atoms with Gasteiger partial charge in [-0.3, -0.25) is 15.0 Å². The van der Waals surface area contributed by atoms with E-state index in [0.717, 1.165) is 12.3 Å². The van der Waals surface area contributed by atoms with Crippen LogP contribution >= 0.6 is 0 Å². The Morgan fingerprint density at radius 3 is 2.48 bits per heavy atom. The van der Waals surface area contributed by atoms with Gasteiger partial charge in [0.25, 0.3) is 0 Å². The monoisotopic (exact) mass is 411 g/mol. The third kappa shape index (κ3) is 5.95. The fraction of sp³-hybridized carbons (Fsp3) is 0.389. The summed E-state index contributed by atoms with van der Waals surface area (Å²) >= 11 is 0. The Balaban J connectivity index is 1.40. The van der Waals surface area contributed by atoms with E-state index in [1.165, 1.54) is 12.3 Å². The third-order valence-electron chi connectivity index (χ3n) is 4.39. The standard InChI is InChI=1S/C18H20F3N5O3/c19-18(20,21)13-3-4-15(22-10-13)26-7-5-25(6-8-26)12-16(27)24-17(28)23-11-14-2-1-9-29-14/h1-4,9-10H,5-8,11-12H2,(H2,23,24,27,28). The highest BCUT2D eigenvalue weighted by Crippen LogP contribution is 2.29. The van der Waals surface area contributed by atoms with E-state index in [2.05, 4.69) is 15.6 Å². The van der Waals surface area contributed by atoms with Crippen LogP contribution in [0.25, 0.3) is 0 Å². The van der Waals surface area contributed by atoms with Crippen LogP contribution in [-0.2, 0) is 17.5 Å². The number of furan rings is 1. The molecule has 0 spiro atoms. The van der Waals surface area contributed by atoms with E-state index < -0.39 is 23.7 Å². The van der Waals surface area contributed by atoms with Crippen LogP contribution in [0.5, 0.6) is 0 Å². The molecule has 11 heteroatoms. The SMILES string of the molecule is O=C(CN1CCN(c2ccc(C(F)(F)F)cn2)CC1)NC(=O)NCc1ccco1. The molecule has 2 aromatic heterocycles. The Hall–Kier alpha value is -3.08. The quantitative estimate of drug-likeness (QED) is 0.781. The second-order valence-corrected chi connectivity index (χ2v) is 6.48. The first-order chi connectivity index (χ1) is 13.8. The van der Waals surface area contributed by atoms with Crippen LogP contribution in [0, 0.1) is 0 Å². The van der Waals surface area contributed by atoms with Gasteiger partial charge in [0, 0.05) is 32.4 Å². The van der Waals surface area contributed by atoms with Gasteiger partial charge in [0.05, 0.1) is 24.9 Å². The lowest BCUT2D eigenvalue weighted by molar-refractivity contribution is -0.137. The van der Waals surface area contributed by atoms with Crippen molar-refractivity contribution in [1.29, 1.82) is 0 Å². The Morgan fingerprint density at radius 1 is 1.14 bits per heavy atom. The van der Waals surface area contributed by atoms with Gasteiger partial charge in [0.15, 0.2) is 0 Å². The number of aromatic nitrogens is 1. The second kappa shape index (κ2) is 8.95. The van der Waals surface area contributed by atoms with Crippen LogP contribution in [-0.4, -0.2) is 54.5 Å². The van der Waals surface area contributed by atoms with Crippen molar-refractivity contribution in [3.63, 3.8) is 0 Å². The molecule has 8 nitrogen and oxygen atoms in total. The van der Waals surface area contributed by atoms with E-state index in [0.29, 0.717) is 37.8 Å². The van der Waals surface area contributed by atoms with Gasteiger partial charge in [-0.25, -0.2) is 9.78 Å². The van der Waals surface area contributed by atoms with Gasteiger partial charge in [-0.05, 0) is 24.3 Å². The Labute approximate surface area is 164 Å². The summed E-state index contributed by atoms with van der Waals surface area (Å²) in [6.07, 6.45) is -2.11. The molecule has 1 saturated heterocycles. The van der Waals surface area contributed by atoms with Gasteiger partial charge in [-0.1, -0.05) is 0 Å². The van der Waals surface area contributed by atoms with Crippen LogP contribution in [0.4, 0.5) is 23.8 Å². The van der Waals surface area contributed by atoms with E-state index in [4.69, 9.17) is 4.42 Å². The largest absolute Gasteiger partial charge is 0.467 e. The molecule has 29 heavy (non-hydrogen) atoms. The summed E-state index contributed by atoms with van der Waals surface area (Å²) in [5.41, 5.74) is -0.790. The number of hydrogen-bond donors (Lipinski definition) is 2. The highest BCUT2D eigenvalue weighted by molar-refractivity contribution is 5.95. The molecule has 1 fully saturated rings. The minimum atomic E-state index is -4.41. The maximum Gasteiger partial charge on any atom is 0.417 e. The molecule has 0 bridgehead atoms. The molecule has 3 rings (SSSR count). The fourth-order valence-corrected chi connectivity index (χ4v) is 2.87. The molecule has 0 aliphatic carbocycles. The number of rotatable bonds is 5. The maximum absolute atomic E-state index is 12.6. The molecule has 0 atom stereocenters. The number of alkyl halides is 3. The van der Waals surface area contributed by atoms with Gasteiger partial charge < -0.3 is 14.6 Å². The van der Waals surface area contributed by atoms with E-state index in [1.807, 2.05) is 9.80 Å². The summed E-state index contributed by atoms with van der Waals surface area (Å²) in [6, 6.07) is 5.13. The summed E-state index contributed by atoms with van der Waals surface area (Å²) in [7, 11) is 0. The second-order valence-electron chi connectivity index (χ2n) is 6.48. The van der Waals surface area contributed by atoms with Gasteiger partial charge in [0.1, 0.15) is 11.6 Å². The number of pyridine rings is 1. The predicted molar refractivity (Wildman–Crippen MR) is 97.0 cm³/mol. The van der Waals surface area contributed by atoms with Crippen LogP contribution < -0.4 is 15.5 Å². The van der Waals surface area contributed by atoms with Crippen LogP contribution in [0.3, 0.4) is 0 Å². The van der Waals surface area contributed by atoms with Gasteiger partial charge in [-0.15, -0.1) is 0 Å². The number of halogens is 3. The number of nitrogens with one attached hydrogen (secondary N) is 2. The average Bonchev–Trinajstić information content (AvgIpc) is 3.20. The maximum atomic E-state index is 12.6. The molecule has 3 amide bonds. The predicted octanol–water partition coefficient (Wildman–Crippen LogP) is 1.84. The lowest BCUT2D eigenvalue weighted by Gasteiger charge is -2.35. The zero-order valence-corrected chi connectivity index (χ0v) is 15.4. The van der Waals surface area contributed by atoms with Crippen LogP contribution in [0.2, 0.25) is 0 Å². The van der Waals surface area contributed by atoms with Crippen molar-refractivity contribution in [3.05, 3.63) is 48.0 Å². The lowest BCUT2D eigenvalue weighted by atomic mass is 10.2. The normalized spacial score (nSPS) is 15.2. The Morgan fingerprint density at radius 2 is 1.90 bits per heavy atom. The molecule has 2 aromatic rings. The van der Waals surface area contributed by atoms with Crippen molar-refractivity contribution >= 4 is 17.8 Å². The molecular weight excluding hydrogens is 391 g/mol. The third-order valence-corrected chi connectivity index (χ3v) is 4.39. The smallest absolute Gasteiger partial charge is 0.417 e. The molecule has 3 heterocycles. The van der Waals surface area contributed by atoms with Gasteiger partial charge in [-0.2, -0.15) is 13.2 Å². The molecule has 1 aliphatic heterocycles. The summed E-state index contributed by atoms with van der Waals surface area (Å²) in [5.74, 6) is 0.586. The number of hydrogen-bond acceptors (Lipinski definition) is 6. The number of piperazine rings is 1. The summed E-state index contributed by atoms with van der Waals surface area (Å²) in [5, 5.41) is 4.77. The van der Waals surface area contributed by atoms with Crippen molar-refractivity contribution in [2.24, 2.45) is 0 Å².